The molecule has 0 bridgehead atoms. The molecule has 1 aromatic carbocycles. The van der Waals surface area contributed by atoms with Crippen LogP contribution < -0.4 is 4.74 Å². The van der Waals surface area contributed by atoms with E-state index in [-0.39, 0.29) is 6.10 Å². The quantitative estimate of drug-likeness (QED) is 0.916. The largest absolute Gasteiger partial charge is 0.496 e. The molecule has 2 saturated carbocycles. The first kappa shape index (κ1) is 12.5. The van der Waals surface area contributed by atoms with E-state index < -0.39 is 0 Å². The summed E-state index contributed by atoms with van der Waals surface area (Å²) in [5, 5.41) is 10.5. The zero-order valence-electron chi connectivity index (χ0n) is 10.6. The van der Waals surface area contributed by atoms with Gasteiger partial charge in [0, 0.05) is 0 Å². The van der Waals surface area contributed by atoms with Crippen LogP contribution in [0.5, 0.6) is 5.75 Å². The molecule has 18 heavy (non-hydrogen) atoms. The summed E-state index contributed by atoms with van der Waals surface area (Å²) in [6, 6.07) is 5.90. The molecule has 3 heteroatoms. The minimum Gasteiger partial charge on any atom is -0.496 e. The Morgan fingerprint density at radius 2 is 1.94 bits per heavy atom. The number of rotatable bonds is 3. The lowest BCUT2D eigenvalue weighted by Gasteiger charge is -2.13. The highest BCUT2D eigenvalue weighted by Crippen LogP contribution is 2.60. The van der Waals surface area contributed by atoms with Gasteiger partial charge in [-0.1, -0.05) is 18.9 Å². The number of halogens is 1. The molecule has 3 rings (SSSR count). The third-order valence-corrected chi connectivity index (χ3v) is 5.22. The molecule has 0 radical (unpaired) electrons. The molecule has 2 aliphatic rings. The van der Waals surface area contributed by atoms with E-state index in [0.717, 1.165) is 27.6 Å². The summed E-state index contributed by atoms with van der Waals surface area (Å²) in [7, 11) is 1.66. The van der Waals surface area contributed by atoms with E-state index >= 15 is 0 Å². The van der Waals surface area contributed by atoms with Gasteiger partial charge in [-0.05, 0) is 64.2 Å². The Morgan fingerprint density at radius 1 is 1.28 bits per heavy atom. The number of hydrogen-bond acceptors (Lipinski definition) is 2. The molecular weight excluding hydrogens is 292 g/mol. The summed E-state index contributed by atoms with van der Waals surface area (Å²) in [5.74, 6) is 2.86. The minimum absolute atomic E-state index is 0.305. The molecule has 98 valence electrons. The maximum atomic E-state index is 10.5. The van der Waals surface area contributed by atoms with E-state index in [9.17, 15) is 5.11 Å². The van der Waals surface area contributed by atoms with Crippen LogP contribution in [0.4, 0.5) is 0 Å². The summed E-state index contributed by atoms with van der Waals surface area (Å²) < 4.78 is 6.14. The van der Waals surface area contributed by atoms with Gasteiger partial charge in [0.05, 0.1) is 17.7 Å². The maximum Gasteiger partial charge on any atom is 0.133 e. The highest BCUT2D eigenvalue weighted by Gasteiger charge is 2.54. The summed E-state index contributed by atoms with van der Waals surface area (Å²) in [4.78, 5) is 0. The summed E-state index contributed by atoms with van der Waals surface area (Å²) in [6.07, 6.45) is 5.00. The first-order chi connectivity index (χ1) is 8.72. The summed E-state index contributed by atoms with van der Waals surface area (Å²) in [6.45, 7) is 0. The Kier molecular flexibility index (Phi) is 3.37. The lowest BCUT2D eigenvalue weighted by atomic mass is 10.0. The van der Waals surface area contributed by atoms with E-state index in [4.69, 9.17) is 4.74 Å². The number of ether oxygens (including phenoxy) is 1. The normalized spacial score (nSPS) is 31.6. The standard InChI is InChI=1S/C15H19BrO2/c1-18-13-7-6-9(8-12(13)16)15(17)14-10-4-2-3-5-11(10)14/h6-8,10-11,14-15,17H,2-5H2,1H3. The third kappa shape index (κ3) is 2.08. The molecule has 2 fully saturated rings. The van der Waals surface area contributed by atoms with Gasteiger partial charge in [0.2, 0.25) is 0 Å². The molecule has 0 heterocycles. The summed E-state index contributed by atoms with van der Waals surface area (Å²) >= 11 is 3.49. The van der Waals surface area contributed by atoms with Crippen LogP contribution in [0.15, 0.2) is 22.7 Å². The number of fused-ring (bicyclic) bond motifs is 1. The van der Waals surface area contributed by atoms with Crippen LogP contribution in [-0.4, -0.2) is 12.2 Å². The number of aliphatic hydroxyl groups is 1. The van der Waals surface area contributed by atoms with Crippen LogP contribution in [0.2, 0.25) is 0 Å². The Labute approximate surface area is 116 Å². The van der Waals surface area contributed by atoms with Crippen molar-refractivity contribution >= 4 is 15.9 Å². The molecule has 0 saturated heterocycles. The van der Waals surface area contributed by atoms with Crippen molar-refractivity contribution in [2.45, 2.75) is 31.8 Å². The molecule has 1 aromatic rings. The third-order valence-electron chi connectivity index (χ3n) is 4.60. The lowest BCUT2D eigenvalue weighted by molar-refractivity contribution is 0.142. The fourth-order valence-electron chi connectivity index (χ4n) is 3.60. The second-order valence-electron chi connectivity index (χ2n) is 5.53. The topological polar surface area (TPSA) is 29.5 Å². The van der Waals surface area contributed by atoms with Gasteiger partial charge in [-0.2, -0.15) is 0 Å². The lowest BCUT2D eigenvalue weighted by Crippen LogP contribution is -2.02. The first-order valence-corrected chi connectivity index (χ1v) is 7.53. The van der Waals surface area contributed by atoms with Crippen molar-refractivity contribution in [2.75, 3.05) is 7.11 Å². The fourth-order valence-corrected chi connectivity index (χ4v) is 4.16. The van der Waals surface area contributed by atoms with Crippen LogP contribution in [0.3, 0.4) is 0 Å². The Morgan fingerprint density at radius 3 is 2.50 bits per heavy atom. The predicted octanol–water partition coefficient (Wildman–Crippen LogP) is 3.93. The van der Waals surface area contributed by atoms with Gasteiger partial charge in [0.1, 0.15) is 5.75 Å². The zero-order chi connectivity index (χ0) is 12.7. The molecule has 2 nitrogen and oxygen atoms in total. The smallest absolute Gasteiger partial charge is 0.133 e. The van der Waals surface area contributed by atoms with Crippen molar-refractivity contribution in [1.82, 2.24) is 0 Å². The van der Waals surface area contributed by atoms with Gasteiger partial charge >= 0.3 is 0 Å². The fraction of sp³-hybridized carbons (Fsp3) is 0.600. The van der Waals surface area contributed by atoms with Gasteiger partial charge < -0.3 is 9.84 Å². The van der Waals surface area contributed by atoms with Crippen molar-refractivity contribution in [3.8, 4) is 5.75 Å². The minimum atomic E-state index is -0.305. The number of aliphatic hydroxyl groups excluding tert-OH is 1. The molecule has 1 N–H and O–H groups in total. The SMILES string of the molecule is COc1ccc(C(O)C2C3CCCCC32)cc1Br. The van der Waals surface area contributed by atoms with Gasteiger partial charge in [0.15, 0.2) is 0 Å². The van der Waals surface area contributed by atoms with Gasteiger partial charge in [-0.15, -0.1) is 0 Å². The highest BCUT2D eigenvalue weighted by molar-refractivity contribution is 9.10. The monoisotopic (exact) mass is 310 g/mol. The number of methoxy groups -OCH3 is 1. The van der Waals surface area contributed by atoms with E-state index in [1.165, 1.54) is 25.7 Å². The van der Waals surface area contributed by atoms with Crippen LogP contribution in [0, 0.1) is 17.8 Å². The van der Waals surface area contributed by atoms with Crippen LogP contribution in [0.25, 0.3) is 0 Å². The number of hydrogen-bond donors (Lipinski definition) is 1. The van der Waals surface area contributed by atoms with E-state index in [1.54, 1.807) is 7.11 Å². The first-order valence-electron chi connectivity index (χ1n) is 6.74. The van der Waals surface area contributed by atoms with Crippen LogP contribution in [0.1, 0.15) is 37.4 Å². The molecule has 2 aliphatic carbocycles. The van der Waals surface area contributed by atoms with Crippen LogP contribution >= 0.6 is 15.9 Å². The second-order valence-corrected chi connectivity index (χ2v) is 6.38. The second kappa shape index (κ2) is 4.86. The Hall–Kier alpha value is -0.540. The molecule has 3 unspecified atom stereocenters. The molecule has 0 aromatic heterocycles. The maximum absolute atomic E-state index is 10.5. The van der Waals surface area contributed by atoms with Crippen molar-refractivity contribution in [3.63, 3.8) is 0 Å². The van der Waals surface area contributed by atoms with E-state index in [2.05, 4.69) is 15.9 Å². The van der Waals surface area contributed by atoms with Gasteiger partial charge in [-0.25, -0.2) is 0 Å². The predicted molar refractivity (Wildman–Crippen MR) is 74.6 cm³/mol. The molecular formula is C15H19BrO2. The van der Waals surface area contributed by atoms with E-state index in [0.29, 0.717) is 5.92 Å². The van der Waals surface area contributed by atoms with Crippen molar-refractivity contribution in [3.05, 3.63) is 28.2 Å². The Balaban J connectivity index is 1.76. The van der Waals surface area contributed by atoms with Crippen LogP contribution in [-0.2, 0) is 0 Å². The molecule has 0 spiro atoms. The highest BCUT2D eigenvalue weighted by atomic mass is 79.9. The number of benzene rings is 1. The Bertz CT molecular complexity index is 434. The van der Waals surface area contributed by atoms with Crippen molar-refractivity contribution in [1.29, 1.82) is 0 Å². The van der Waals surface area contributed by atoms with Crippen molar-refractivity contribution in [2.24, 2.45) is 17.8 Å². The molecule has 0 aliphatic heterocycles. The average molecular weight is 311 g/mol. The molecule has 0 amide bonds. The zero-order valence-corrected chi connectivity index (χ0v) is 12.2. The van der Waals surface area contributed by atoms with Crippen molar-refractivity contribution < 1.29 is 9.84 Å². The molecule has 3 atom stereocenters. The van der Waals surface area contributed by atoms with Gasteiger partial charge in [-0.3, -0.25) is 0 Å². The summed E-state index contributed by atoms with van der Waals surface area (Å²) in [5.41, 5.74) is 1.02. The van der Waals surface area contributed by atoms with Gasteiger partial charge in [0.25, 0.3) is 0 Å². The van der Waals surface area contributed by atoms with E-state index in [1.807, 2.05) is 18.2 Å². The average Bonchev–Trinajstić information content (AvgIpc) is 3.12.